The van der Waals surface area contributed by atoms with Gasteiger partial charge in [0, 0.05) is 12.0 Å². The predicted octanol–water partition coefficient (Wildman–Crippen LogP) is 4.00. The van der Waals surface area contributed by atoms with Crippen LogP contribution in [0.15, 0.2) is 11.6 Å². The summed E-state index contributed by atoms with van der Waals surface area (Å²) < 4.78 is 5.08. The van der Waals surface area contributed by atoms with Gasteiger partial charge < -0.3 is 4.74 Å². The first-order valence-corrected chi connectivity index (χ1v) is 6.64. The molecule has 1 rings (SSSR count). The maximum Gasteiger partial charge on any atom is 0.334 e. The normalized spacial score (nSPS) is 22.8. The van der Waals surface area contributed by atoms with Gasteiger partial charge in [-0.25, -0.2) is 4.79 Å². The molecule has 0 aromatic heterocycles. The zero-order chi connectivity index (χ0) is 11.8. The van der Waals surface area contributed by atoms with Crippen LogP contribution in [0.5, 0.6) is 0 Å². The van der Waals surface area contributed by atoms with Crippen LogP contribution in [0.4, 0.5) is 0 Å². The van der Waals surface area contributed by atoms with Gasteiger partial charge in [-0.1, -0.05) is 45.1 Å². The molecule has 2 nitrogen and oxygen atoms in total. The van der Waals surface area contributed by atoms with Crippen LogP contribution < -0.4 is 0 Å². The smallest absolute Gasteiger partial charge is 0.334 e. The number of rotatable bonds is 7. The van der Waals surface area contributed by atoms with E-state index < -0.39 is 0 Å². The second kappa shape index (κ2) is 7.48. The average molecular weight is 224 g/mol. The van der Waals surface area contributed by atoms with Gasteiger partial charge in [-0.3, -0.25) is 0 Å². The SMILES string of the molecule is CCCCCCCC/C=C1/C[C@H](C)OC1=O. The Balaban J connectivity index is 2.06. The van der Waals surface area contributed by atoms with E-state index in [0.29, 0.717) is 0 Å². The molecular weight excluding hydrogens is 200 g/mol. The molecule has 1 fully saturated rings. The zero-order valence-electron chi connectivity index (χ0n) is 10.6. The number of ether oxygens (including phenoxy) is 1. The molecule has 1 aliphatic rings. The van der Waals surface area contributed by atoms with Crippen LogP contribution in [0, 0.1) is 0 Å². The third-order valence-electron chi connectivity index (χ3n) is 3.03. The van der Waals surface area contributed by atoms with Crippen molar-refractivity contribution >= 4 is 5.97 Å². The third-order valence-corrected chi connectivity index (χ3v) is 3.03. The van der Waals surface area contributed by atoms with Crippen molar-refractivity contribution in [3.05, 3.63) is 11.6 Å². The van der Waals surface area contributed by atoms with Crippen molar-refractivity contribution in [2.24, 2.45) is 0 Å². The van der Waals surface area contributed by atoms with Crippen molar-refractivity contribution in [2.45, 2.75) is 71.3 Å². The first kappa shape index (κ1) is 13.3. The molecule has 1 heterocycles. The maximum atomic E-state index is 11.3. The molecule has 1 atom stereocenters. The molecule has 0 radical (unpaired) electrons. The molecule has 16 heavy (non-hydrogen) atoms. The van der Waals surface area contributed by atoms with Gasteiger partial charge in [0.2, 0.25) is 0 Å². The molecule has 0 aromatic carbocycles. The second-order valence-corrected chi connectivity index (χ2v) is 4.71. The Bertz CT molecular complexity index is 243. The van der Waals surface area contributed by atoms with Crippen LogP contribution in [-0.2, 0) is 9.53 Å². The zero-order valence-corrected chi connectivity index (χ0v) is 10.6. The highest BCUT2D eigenvalue weighted by atomic mass is 16.5. The molecule has 1 saturated heterocycles. The van der Waals surface area contributed by atoms with Crippen LogP contribution in [0.3, 0.4) is 0 Å². The lowest BCUT2D eigenvalue weighted by Gasteiger charge is -1.98. The molecule has 92 valence electrons. The molecule has 0 bridgehead atoms. The highest BCUT2D eigenvalue weighted by molar-refractivity contribution is 5.90. The van der Waals surface area contributed by atoms with Gasteiger partial charge in [-0.2, -0.15) is 0 Å². The van der Waals surface area contributed by atoms with Crippen LogP contribution in [0.1, 0.15) is 65.2 Å². The fraction of sp³-hybridized carbons (Fsp3) is 0.786. The summed E-state index contributed by atoms with van der Waals surface area (Å²) in [5, 5.41) is 0. The van der Waals surface area contributed by atoms with E-state index in [1.807, 2.05) is 6.92 Å². The van der Waals surface area contributed by atoms with E-state index in [9.17, 15) is 4.79 Å². The van der Waals surface area contributed by atoms with Gasteiger partial charge in [0.25, 0.3) is 0 Å². The Morgan fingerprint density at radius 1 is 1.25 bits per heavy atom. The topological polar surface area (TPSA) is 26.3 Å². The molecule has 0 unspecified atom stereocenters. The van der Waals surface area contributed by atoms with E-state index in [2.05, 4.69) is 13.0 Å². The van der Waals surface area contributed by atoms with Gasteiger partial charge >= 0.3 is 5.97 Å². The number of allylic oxidation sites excluding steroid dienone is 1. The lowest BCUT2D eigenvalue weighted by Crippen LogP contribution is -1.99. The Morgan fingerprint density at radius 3 is 2.56 bits per heavy atom. The molecular formula is C14H24O2. The summed E-state index contributed by atoms with van der Waals surface area (Å²) >= 11 is 0. The Kier molecular flexibility index (Phi) is 6.20. The lowest BCUT2D eigenvalue weighted by atomic mass is 10.1. The summed E-state index contributed by atoms with van der Waals surface area (Å²) in [6.45, 7) is 4.18. The van der Waals surface area contributed by atoms with Gasteiger partial charge in [0.15, 0.2) is 0 Å². The van der Waals surface area contributed by atoms with E-state index in [1.54, 1.807) is 0 Å². The minimum absolute atomic E-state index is 0.0864. The van der Waals surface area contributed by atoms with Gasteiger partial charge in [0.1, 0.15) is 6.10 Å². The summed E-state index contributed by atoms with van der Waals surface area (Å²) in [6, 6.07) is 0. The number of esters is 1. The van der Waals surface area contributed by atoms with Crippen LogP contribution >= 0.6 is 0 Å². The van der Waals surface area contributed by atoms with Crippen molar-refractivity contribution in [2.75, 3.05) is 0 Å². The Hall–Kier alpha value is -0.790. The number of cyclic esters (lactones) is 1. The van der Waals surface area contributed by atoms with Crippen LogP contribution in [0.25, 0.3) is 0 Å². The van der Waals surface area contributed by atoms with Gasteiger partial charge in [-0.05, 0) is 19.8 Å². The largest absolute Gasteiger partial charge is 0.459 e. The summed E-state index contributed by atoms with van der Waals surface area (Å²) in [5.41, 5.74) is 0.890. The summed E-state index contributed by atoms with van der Waals surface area (Å²) in [5.74, 6) is -0.0986. The van der Waals surface area contributed by atoms with Crippen LogP contribution in [-0.4, -0.2) is 12.1 Å². The van der Waals surface area contributed by atoms with Crippen LogP contribution in [0.2, 0.25) is 0 Å². The standard InChI is InChI=1S/C14H24O2/c1-3-4-5-6-7-8-9-10-13-11-12(2)16-14(13)15/h10,12H,3-9,11H2,1-2H3/b13-10-/t12-/m0/s1. The fourth-order valence-electron chi connectivity index (χ4n) is 2.06. The molecule has 0 N–H and O–H groups in total. The summed E-state index contributed by atoms with van der Waals surface area (Å²) in [7, 11) is 0. The van der Waals surface area contributed by atoms with Crippen molar-refractivity contribution in [1.82, 2.24) is 0 Å². The van der Waals surface area contributed by atoms with Crippen molar-refractivity contribution in [3.8, 4) is 0 Å². The predicted molar refractivity (Wildman–Crippen MR) is 66.2 cm³/mol. The Morgan fingerprint density at radius 2 is 1.94 bits per heavy atom. The average Bonchev–Trinajstić information content (AvgIpc) is 2.56. The first-order valence-electron chi connectivity index (χ1n) is 6.64. The third kappa shape index (κ3) is 4.82. The van der Waals surface area contributed by atoms with Gasteiger partial charge in [-0.15, -0.1) is 0 Å². The molecule has 0 aliphatic carbocycles. The lowest BCUT2D eigenvalue weighted by molar-refractivity contribution is -0.138. The van der Waals surface area contributed by atoms with E-state index in [-0.39, 0.29) is 12.1 Å². The monoisotopic (exact) mass is 224 g/mol. The van der Waals surface area contributed by atoms with E-state index in [1.165, 1.54) is 38.5 Å². The number of unbranched alkanes of at least 4 members (excludes halogenated alkanes) is 6. The molecule has 0 saturated carbocycles. The van der Waals surface area contributed by atoms with Crippen molar-refractivity contribution in [1.29, 1.82) is 0 Å². The maximum absolute atomic E-state index is 11.3. The van der Waals surface area contributed by atoms with Crippen molar-refractivity contribution < 1.29 is 9.53 Å². The Labute approximate surface area is 99.1 Å². The number of carbonyl (C=O) groups is 1. The minimum atomic E-state index is -0.0986. The molecule has 0 amide bonds. The summed E-state index contributed by atoms with van der Waals surface area (Å²) in [6.07, 6.45) is 11.8. The first-order chi connectivity index (χ1) is 7.74. The highest BCUT2D eigenvalue weighted by Gasteiger charge is 2.24. The van der Waals surface area contributed by atoms with E-state index in [0.717, 1.165) is 18.4 Å². The quantitative estimate of drug-likeness (QED) is 0.371. The number of hydrogen-bond donors (Lipinski definition) is 0. The number of hydrogen-bond acceptors (Lipinski definition) is 2. The second-order valence-electron chi connectivity index (χ2n) is 4.71. The minimum Gasteiger partial charge on any atom is -0.459 e. The summed E-state index contributed by atoms with van der Waals surface area (Å²) in [4.78, 5) is 11.3. The van der Waals surface area contributed by atoms with E-state index >= 15 is 0 Å². The molecule has 1 aliphatic heterocycles. The van der Waals surface area contributed by atoms with Crippen molar-refractivity contribution in [3.63, 3.8) is 0 Å². The number of carbonyl (C=O) groups excluding carboxylic acids is 1. The molecule has 0 spiro atoms. The highest BCUT2D eigenvalue weighted by Crippen LogP contribution is 2.20. The fourth-order valence-corrected chi connectivity index (χ4v) is 2.06. The molecule has 0 aromatic rings. The van der Waals surface area contributed by atoms with Gasteiger partial charge in [0.05, 0.1) is 0 Å². The van der Waals surface area contributed by atoms with E-state index in [4.69, 9.17) is 4.74 Å². The molecule has 2 heteroatoms.